The molecule has 3 heterocycles. The molecule has 0 aliphatic carbocycles. The minimum absolute atomic E-state index is 0.0897. The van der Waals surface area contributed by atoms with Gasteiger partial charge in [0.25, 0.3) is 0 Å². The van der Waals surface area contributed by atoms with Crippen LogP contribution in [0.1, 0.15) is 17.3 Å². The van der Waals surface area contributed by atoms with E-state index in [0.29, 0.717) is 28.1 Å². The lowest BCUT2D eigenvalue weighted by molar-refractivity contribution is -0.113. The molecule has 0 atom stereocenters. The second kappa shape index (κ2) is 11.6. The van der Waals surface area contributed by atoms with Gasteiger partial charge in [0.15, 0.2) is 11.0 Å². The fourth-order valence-corrected chi connectivity index (χ4v) is 5.10. The van der Waals surface area contributed by atoms with E-state index in [1.54, 1.807) is 25.4 Å². The molecule has 0 bridgehead atoms. The van der Waals surface area contributed by atoms with E-state index in [1.807, 2.05) is 52.4 Å². The van der Waals surface area contributed by atoms with E-state index in [2.05, 4.69) is 27.1 Å². The van der Waals surface area contributed by atoms with Crippen LogP contribution in [0.4, 0.5) is 5.00 Å². The molecule has 0 saturated carbocycles. The van der Waals surface area contributed by atoms with E-state index in [0.717, 1.165) is 16.7 Å². The average Bonchev–Trinajstić information content (AvgIpc) is 3.48. The Hall–Kier alpha value is -3.76. The number of benzene rings is 1. The summed E-state index contributed by atoms with van der Waals surface area (Å²) in [5.74, 6) is 0.0291. The molecule has 0 aliphatic heterocycles. The van der Waals surface area contributed by atoms with Gasteiger partial charge >= 0.3 is 5.97 Å². The minimum atomic E-state index is -0.469. The largest absolute Gasteiger partial charge is 0.462 e. The molecule has 0 unspecified atom stereocenters. The highest BCUT2D eigenvalue weighted by Crippen LogP contribution is 2.36. The van der Waals surface area contributed by atoms with Crippen molar-refractivity contribution < 1.29 is 14.3 Å². The van der Waals surface area contributed by atoms with E-state index < -0.39 is 5.97 Å². The summed E-state index contributed by atoms with van der Waals surface area (Å²) >= 11 is 2.55. The van der Waals surface area contributed by atoms with Gasteiger partial charge in [0.1, 0.15) is 10.6 Å². The van der Waals surface area contributed by atoms with Crippen LogP contribution >= 0.6 is 23.1 Å². The van der Waals surface area contributed by atoms with Crippen LogP contribution in [0.2, 0.25) is 0 Å². The van der Waals surface area contributed by atoms with Gasteiger partial charge < -0.3 is 10.1 Å². The third-order valence-electron chi connectivity index (χ3n) is 4.91. The number of hydrogen-bond acceptors (Lipinski definition) is 8. The number of pyridine rings is 1. The van der Waals surface area contributed by atoms with Gasteiger partial charge in [0.2, 0.25) is 5.91 Å². The number of ether oxygens (including phenoxy) is 1. The highest BCUT2D eigenvalue weighted by Gasteiger charge is 2.23. The maximum absolute atomic E-state index is 12.8. The fourth-order valence-electron chi connectivity index (χ4n) is 3.38. The first-order chi connectivity index (χ1) is 17.1. The van der Waals surface area contributed by atoms with Crippen molar-refractivity contribution in [2.75, 3.05) is 17.7 Å². The number of aromatic nitrogens is 4. The van der Waals surface area contributed by atoms with Crippen molar-refractivity contribution in [1.29, 1.82) is 0 Å². The number of carbonyl (C=O) groups is 2. The Bertz CT molecular complexity index is 1320. The van der Waals surface area contributed by atoms with Crippen molar-refractivity contribution in [1.82, 2.24) is 19.7 Å². The van der Waals surface area contributed by atoms with Crippen LogP contribution < -0.4 is 5.32 Å². The van der Waals surface area contributed by atoms with Gasteiger partial charge in [-0.3, -0.25) is 14.3 Å². The summed E-state index contributed by atoms with van der Waals surface area (Å²) in [5, 5.41) is 14.3. The Morgan fingerprint density at radius 1 is 1.14 bits per heavy atom. The normalized spacial score (nSPS) is 10.7. The minimum Gasteiger partial charge on any atom is -0.462 e. The lowest BCUT2D eigenvalue weighted by Crippen LogP contribution is -2.17. The monoisotopic (exact) mass is 505 g/mol. The number of esters is 1. The van der Waals surface area contributed by atoms with E-state index >= 15 is 0 Å². The second-order valence-corrected chi connectivity index (χ2v) is 9.04. The maximum atomic E-state index is 12.8. The number of nitrogens with zero attached hydrogens (tertiary/aromatic N) is 4. The molecule has 0 radical (unpaired) electrons. The van der Waals surface area contributed by atoms with Gasteiger partial charge in [-0.25, -0.2) is 4.79 Å². The first-order valence-electron chi connectivity index (χ1n) is 10.8. The number of nitrogens with one attached hydrogen (secondary N) is 1. The van der Waals surface area contributed by atoms with Crippen LogP contribution in [0.15, 0.2) is 78.0 Å². The van der Waals surface area contributed by atoms with Crippen LogP contribution in [0.25, 0.3) is 22.5 Å². The van der Waals surface area contributed by atoms with Crippen molar-refractivity contribution in [3.63, 3.8) is 0 Å². The predicted octanol–water partition coefficient (Wildman–Crippen LogP) is 5.16. The molecule has 0 saturated heterocycles. The molecule has 3 aromatic heterocycles. The number of amides is 1. The summed E-state index contributed by atoms with van der Waals surface area (Å²) in [5.41, 5.74) is 2.83. The van der Waals surface area contributed by atoms with Crippen molar-refractivity contribution >= 4 is 40.0 Å². The quantitative estimate of drug-likeness (QED) is 0.180. The molecule has 0 aliphatic rings. The molecule has 1 amide bonds. The molecule has 0 spiro atoms. The van der Waals surface area contributed by atoms with Gasteiger partial charge in [-0.2, -0.15) is 0 Å². The number of rotatable bonds is 10. The molecular weight excluding hydrogens is 482 g/mol. The lowest BCUT2D eigenvalue weighted by Gasteiger charge is -2.09. The van der Waals surface area contributed by atoms with E-state index in [-0.39, 0.29) is 18.3 Å². The van der Waals surface area contributed by atoms with Gasteiger partial charge in [-0.15, -0.1) is 28.1 Å². The number of hydrogen-bond donors (Lipinski definition) is 1. The average molecular weight is 506 g/mol. The van der Waals surface area contributed by atoms with Crippen molar-refractivity contribution in [2.45, 2.75) is 18.6 Å². The maximum Gasteiger partial charge on any atom is 0.341 e. The number of allylic oxidation sites excluding steroid dienone is 1. The van der Waals surface area contributed by atoms with E-state index in [9.17, 15) is 9.59 Å². The number of thiophene rings is 1. The topological polar surface area (TPSA) is 99.0 Å². The molecule has 1 aromatic carbocycles. The lowest BCUT2D eigenvalue weighted by atomic mass is 10.0. The standard InChI is InChI=1S/C25H23N5O3S2/c1-3-14-30-22(18-10-12-26-13-11-18)28-29-25(30)35-16-20(31)27-23-21(24(32)33-4-2)19(15-34-23)17-8-6-5-7-9-17/h3,5-13,15H,1,4,14,16H2,2H3,(H,27,31). The molecule has 1 N–H and O–H groups in total. The predicted molar refractivity (Wildman–Crippen MR) is 139 cm³/mol. The fraction of sp³-hybridized carbons (Fsp3) is 0.160. The second-order valence-electron chi connectivity index (χ2n) is 7.22. The summed E-state index contributed by atoms with van der Waals surface area (Å²) in [6, 6.07) is 13.2. The molecule has 35 heavy (non-hydrogen) atoms. The smallest absolute Gasteiger partial charge is 0.341 e. The van der Waals surface area contributed by atoms with Crippen LogP contribution in [0.5, 0.6) is 0 Å². The number of carbonyl (C=O) groups excluding carboxylic acids is 2. The van der Waals surface area contributed by atoms with Crippen LogP contribution in [0, 0.1) is 0 Å². The molecule has 8 nitrogen and oxygen atoms in total. The highest BCUT2D eigenvalue weighted by molar-refractivity contribution is 7.99. The highest BCUT2D eigenvalue weighted by atomic mass is 32.2. The zero-order chi connectivity index (χ0) is 24.6. The van der Waals surface area contributed by atoms with Crippen LogP contribution in [0.3, 0.4) is 0 Å². The molecule has 4 aromatic rings. The Labute approximate surface area is 211 Å². The third kappa shape index (κ3) is 5.67. The van der Waals surface area contributed by atoms with Gasteiger partial charge in [-0.05, 0) is 24.6 Å². The summed E-state index contributed by atoms with van der Waals surface area (Å²) < 4.78 is 7.16. The van der Waals surface area contributed by atoms with Crippen molar-refractivity contribution in [2.24, 2.45) is 0 Å². The molecule has 178 valence electrons. The van der Waals surface area contributed by atoms with Gasteiger partial charge in [0.05, 0.1) is 12.4 Å². The summed E-state index contributed by atoms with van der Waals surface area (Å²) in [7, 11) is 0. The Kier molecular flexibility index (Phi) is 8.07. The molecule has 10 heteroatoms. The first kappa shape index (κ1) is 24.4. The third-order valence-corrected chi connectivity index (χ3v) is 6.77. The van der Waals surface area contributed by atoms with Gasteiger partial charge in [-0.1, -0.05) is 48.2 Å². The van der Waals surface area contributed by atoms with Crippen LogP contribution in [-0.2, 0) is 16.1 Å². The number of thioether (sulfide) groups is 1. The van der Waals surface area contributed by atoms with E-state index in [4.69, 9.17) is 4.74 Å². The summed E-state index contributed by atoms with van der Waals surface area (Å²) in [6.45, 7) is 6.30. The zero-order valence-corrected chi connectivity index (χ0v) is 20.6. The number of anilines is 1. The van der Waals surface area contributed by atoms with Crippen LogP contribution in [-0.4, -0.2) is 44.0 Å². The summed E-state index contributed by atoms with van der Waals surface area (Å²) in [6.07, 6.45) is 5.13. The van der Waals surface area contributed by atoms with E-state index in [1.165, 1.54) is 23.1 Å². The Morgan fingerprint density at radius 3 is 2.63 bits per heavy atom. The van der Waals surface area contributed by atoms with Gasteiger partial charge in [0, 0.05) is 35.4 Å². The molecule has 4 rings (SSSR count). The first-order valence-corrected chi connectivity index (χ1v) is 12.7. The Balaban J connectivity index is 1.52. The van der Waals surface area contributed by atoms with Crippen molar-refractivity contribution in [3.05, 3.63) is 78.5 Å². The summed E-state index contributed by atoms with van der Waals surface area (Å²) in [4.78, 5) is 29.6. The zero-order valence-electron chi connectivity index (χ0n) is 19.0. The van der Waals surface area contributed by atoms with Crippen molar-refractivity contribution in [3.8, 4) is 22.5 Å². The Morgan fingerprint density at radius 2 is 1.91 bits per heavy atom. The molecular formula is C25H23N5O3S2. The molecule has 0 fully saturated rings. The SMILES string of the molecule is C=CCn1c(SCC(=O)Nc2scc(-c3ccccc3)c2C(=O)OCC)nnc1-c1ccncc1.